The minimum absolute atomic E-state index is 0.0303. The van der Waals surface area contributed by atoms with E-state index in [-0.39, 0.29) is 11.8 Å². The molecule has 0 fully saturated rings. The van der Waals surface area contributed by atoms with Crippen molar-refractivity contribution in [3.05, 3.63) is 63.1 Å². The molecule has 0 aliphatic carbocycles. The molecule has 0 aliphatic heterocycles. The maximum atomic E-state index is 12.3. The van der Waals surface area contributed by atoms with E-state index in [0.717, 1.165) is 10.0 Å². The number of likely N-dealkylation sites (N-methyl/N-ethyl adjacent to an activating group) is 1. The minimum atomic E-state index is -0.284. The predicted octanol–water partition coefficient (Wildman–Crippen LogP) is 3.99. The Bertz CT molecular complexity index is 730. The van der Waals surface area contributed by atoms with Crippen LogP contribution in [0.4, 0.5) is 5.69 Å². The zero-order valence-electron chi connectivity index (χ0n) is 12.8. The Morgan fingerprint density at radius 3 is 2.39 bits per heavy atom. The van der Waals surface area contributed by atoms with Gasteiger partial charge < -0.3 is 10.2 Å². The van der Waals surface area contributed by atoms with Gasteiger partial charge in [0.25, 0.3) is 5.91 Å². The Kier molecular flexibility index (Phi) is 5.80. The topological polar surface area (TPSA) is 49.4 Å². The van der Waals surface area contributed by atoms with Gasteiger partial charge in [0.05, 0.1) is 17.0 Å². The van der Waals surface area contributed by atoms with Crippen LogP contribution in [-0.4, -0.2) is 30.8 Å². The first kappa shape index (κ1) is 17.5. The van der Waals surface area contributed by atoms with Gasteiger partial charge in [0.15, 0.2) is 0 Å². The molecule has 0 radical (unpaired) electrons. The molecule has 2 amide bonds. The van der Waals surface area contributed by atoms with Crippen LogP contribution in [0.5, 0.6) is 0 Å². The molecule has 0 heterocycles. The lowest BCUT2D eigenvalue weighted by molar-refractivity contribution is -0.127. The molecule has 2 aromatic carbocycles. The van der Waals surface area contributed by atoms with Crippen LogP contribution in [0.1, 0.15) is 15.9 Å². The lowest BCUT2D eigenvalue weighted by atomic mass is 10.1. The predicted molar refractivity (Wildman–Crippen MR) is 95.9 cm³/mol. The van der Waals surface area contributed by atoms with Gasteiger partial charge in [-0.2, -0.15) is 0 Å². The molecule has 0 bridgehead atoms. The maximum absolute atomic E-state index is 12.3. The number of hydrogen-bond acceptors (Lipinski definition) is 2. The van der Waals surface area contributed by atoms with Gasteiger partial charge >= 0.3 is 0 Å². The molecule has 0 aromatic heterocycles. The van der Waals surface area contributed by atoms with Crippen LogP contribution >= 0.6 is 27.5 Å². The number of nitrogens with zero attached hydrogens (tertiary/aromatic N) is 1. The summed E-state index contributed by atoms with van der Waals surface area (Å²) >= 11 is 9.37. The van der Waals surface area contributed by atoms with Crippen molar-refractivity contribution < 1.29 is 9.59 Å². The average Bonchev–Trinajstić information content (AvgIpc) is 2.51. The fourth-order valence-corrected chi connectivity index (χ4v) is 2.47. The number of halogens is 2. The SMILES string of the molecule is CN(C)C(=O)Cc1ccc(NC(=O)c2cc(Br)ccc2Cl)cc1. The van der Waals surface area contributed by atoms with Gasteiger partial charge in [-0.1, -0.05) is 39.7 Å². The Morgan fingerprint density at radius 2 is 1.78 bits per heavy atom. The highest BCUT2D eigenvalue weighted by Crippen LogP contribution is 2.22. The number of amides is 2. The van der Waals surface area contributed by atoms with Crippen molar-refractivity contribution >= 4 is 45.0 Å². The standard InChI is InChI=1S/C17H16BrClN2O2/c1-21(2)16(22)9-11-3-6-13(7-4-11)20-17(23)14-10-12(18)5-8-15(14)19/h3-8,10H,9H2,1-2H3,(H,20,23). The van der Waals surface area contributed by atoms with Gasteiger partial charge in [0.1, 0.15) is 0 Å². The molecular weight excluding hydrogens is 380 g/mol. The van der Waals surface area contributed by atoms with Crippen LogP contribution < -0.4 is 5.32 Å². The van der Waals surface area contributed by atoms with Gasteiger partial charge in [-0.25, -0.2) is 0 Å². The summed E-state index contributed by atoms with van der Waals surface area (Å²) in [5, 5.41) is 3.18. The van der Waals surface area contributed by atoms with Gasteiger partial charge in [0.2, 0.25) is 5.91 Å². The molecule has 1 N–H and O–H groups in total. The number of anilines is 1. The van der Waals surface area contributed by atoms with E-state index in [1.165, 1.54) is 0 Å². The zero-order valence-corrected chi connectivity index (χ0v) is 15.1. The van der Waals surface area contributed by atoms with Crippen molar-refractivity contribution in [1.29, 1.82) is 0 Å². The third-order valence-electron chi connectivity index (χ3n) is 3.24. The lowest BCUT2D eigenvalue weighted by Crippen LogP contribution is -2.23. The Balaban J connectivity index is 2.07. The van der Waals surface area contributed by atoms with E-state index in [9.17, 15) is 9.59 Å². The molecule has 0 saturated carbocycles. The Hall–Kier alpha value is -1.85. The third kappa shape index (κ3) is 4.81. The molecule has 2 aromatic rings. The summed E-state index contributed by atoms with van der Waals surface area (Å²) in [5.41, 5.74) is 1.93. The molecule has 6 heteroatoms. The highest BCUT2D eigenvalue weighted by molar-refractivity contribution is 9.10. The summed E-state index contributed by atoms with van der Waals surface area (Å²) in [6.07, 6.45) is 0.332. The highest BCUT2D eigenvalue weighted by atomic mass is 79.9. The molecule has 0 saturated heterocycles. The molecule has 2 rings (SSSR count). The van der Waals surface area contributed by atoms with Crippen molar-refractivity contribution in [3.63, 3.8) is 0 Å². The summed E-state index contributed by atoms with van der Waals surface area (Å²) in [7, 11) is 3.44. The van der Waals surface area contributed by atoms with Crippen LogP contribution in [0.3, 0.4) is 0 Å². The van der Waals surface area contributed by atoms with E-state index in [2.05, 4.69) is 21.2 Å². The van der Waals surface area contributed by atoms with E-state index in [1.807, 2.05) is 12.1 Å². The molecule has 0 unspecified atom stereocenters. The minimum Gasteiger partial charge on any atom is -0.349 e. The van der Waals surface area contributed by atoms with Gasteiger partial charge in [-0.05, 0) is 35.9 Å². The third-order valence-corrected chi connectivity index (χ3v) is 4.06. The summed E-state index contributed by atoms with van der Waals surface area (Å²) < 4.78 is 0.782. The van der Waals surface area contributed by atoms with E-state index >= 15 is 0 Å². The van der Waals surface area contributed by atoms with E-state index in [4.69, 9.17) is 11.6 Å². The largest absolute Gasteiger partial charge is 0.349 e. The highest BCUT2D eigenvalue weighted by Gasteiger charge is 2.11. The molecule has 120 valence electrons. The lowest BCUT2D eigenvalue weighted by Gasteiger charge is -2.11. The van der Waals surface area contributed by atoms with E-state index in [0.29, 0.717) is 22.7 Å². The smallest absolute Gasteiger partial charge is 0.257 e. The molecule has 4 nitrogen and oxygen atoms in total. The zero-order chi connectivity index (χ0) is 17.0. The average molecular weight is 396 g/mol. The number of carbonyl (C=O) groups is 2. The number of nitrogens with one attached hydrogen (secondary N) is 1. The van der Waals surface area contributed by atoms with E-state index in [1.54, 1.807) is 49.3 Å². The first-order valence-electron chi connectivity index (χ1n) is 6.92. The molecular formula is C17H16BrClN2O2. The summed E-state index contributed by atoms with van der Waals surface area (Å²) in [5.74, 6) is -0.254. The number of hydrogen-bond donors (Lipinski definition) is 1. The van der Waals surface area contributed by atoms with Crippen LogP contribution in [-0.2, 0) is 11.2 Å². The first-order valence-corrected chi connectivity index (χ1v) is 8.09. The second-order valence-corrected chi connectivity index (χ2v) is 6.56. The molecule has 23 heavy (non-hydrogen) atoms. The molecule has 0 atom stereocenters. The van der Waals surface area contributed by atoms with Crippen molar-refractivity contribution in [3.8, 4) is 0 Å². The van der Waals surface area contributed by atoms with E-state index < -0.39 is 0 Å². The monoisotopic (exact) mass is 394 g/mol. The first-order chi connectivity index (χ1) is 10.9. The number of rotatable bonds is 4. The number of carbonyl (C=O) groups excluding carboxylic acids is 2. The Labute approximate surface area is 148 Å². The fourth-order valence-electron chi connectivity index (χ4n) is 1.91. The fraction of sp³-hybridized carbons (Fsp3) is 0.176. The summed E-state index contributed by atoms with van der Waals surface area (Å²) in [6, 6.07) is 12.3. The van der Waals surface area contributed by atoms with Gasteiger partial charge in [0, 0.05) is 24.3 Å². The van der Waals surface area contributed by atoms with Crippen molar-refractivity contribution in [2.24, 2.45) is 0 Å². The summed E-state index contributed by atoms with van der Waals surface area (Å²) in [6.45, 7) is 0. The normalized spacial score (nSPS) is 10.3. The molecule has 0 spiro atoms. The molecule has 0 aliphatic rings. The second-order valence-electron chi connectivity index (χ2n) is 5.24. The van der Waals surface area contributed by atoms with Crippen LogP contribution in [0, 0.1) is 0 Å². The van der Waals surface area contributed by atoms with Crippen molar-refractivity contribution in [2.75, 3.05) is 19.4 Å². The Morgan fingerprint density at radius 1 is 1.13 bits per heavy atom. The van der Waals surface area contributed by atoms with Crippen molar-refractivity contribution in [2.45, 2.75) is 6.42 Å². The summed E-state index contributed by atoms with van der Waals surface area (Å²) in [4.78, 5) is 25.5. The number of benzene rings is 2. The van der Waals surface area contributed by atoms with Gasteiger partial charge in [-0.15, -0.1) is 0 Å². The van der Waals surface area contributed by atoms with Crippen LogP contribution in [0.25, 0.3) is 0 Å². The maximum Gasteiger partial charge on any atom is 0.257 e. The van der Waals surface area contributed by atoms with Crippen LogP contribution in [0.15, 0.2) is 46.9 Å². The van der Waals surface area contributed by atoms with Crippen LogP contribution in [0.2, 0.25) is 5.02 Å². The van der Waals surface area contributed by atoms with Gasteiger partial charge in [-0.3, -0.25) is 9.59 Å². The second kappa shape index (κ2) is 7.62. The van der Waals surface area contributed by atoms with Crippen molar-refractivity contribution in [1.82, 2.24) is 4.90 Å². The quantitative estimate of drug-likeness (QED) is 0.851.